The van der Waals surface area contributed by atoms with Gasteiger partial charge in [0.05, 0.1) is 22.5 Å². The molecule has 1 N–H and O–H groups in total. The Kier molecular flexibility index (Phi) is 4.54. The maximum Gasteiger partial charge on any atom is 0.0863 e. The van der Waals surface area contributed by atoms with Gasteiger partial charge in [-0.15, -0.1) is 0 Å². The summed E-state index contributed by atoms with van der Waals surface area (Å²) in [5, 5.41) is 8.97. The second kappa shape index (κ2) is 5.81. The van der Waals surface area contributed by atoms with Crippen molar-refractivity contribution in [1.82, 2.24) is 15.1 Å². The first-order chi connectivity index (χ1) is 9.01. The standard InChI is InChI=1S/C14H24ClN3O/c1-5-11-13(15)12(18(6-2)17-11)9-16-14(4)7-8-19-10(14)3/h10,16H,5-9H2,1-4H3. The molecule has 0 aliphatic carbocycles. The molecule has 1 aliphatic rings. The average molecular weight is 286 g/mol. The molecular formula is C14H24ClN3O. The number of aromatic nitrogens is 2. The minimum atomic E-state index is 0.0263. The highest BCUT2D eigenvalue weighted by Gasteiger charge is 2.36. The number of nitrogens with zero attached hydrogens (tertiary/aromatic N) is 2. The van der Waals surface area contributed by atoms with Crippen molar-refractivity contribution in [2.24, 2.45) is 0 Å². The fourth-order valence-electron chi connectivity index (χ4n) is 2.54. The Hall–Kier alpha value is -0.580. The van der Waals surface area contributed by atoms with Crippen LogP contribution in [0, 0.1) is 0 Å². The first kappa shape index (κ1) is 14.8. The van der Waals surface area contributed by atoms with E-state index >= 15 is 0 Å². The third-order valence-electron chi connectivity index (χ3n) is 4.24. The molecule has 0 radical (unpaired) electrons. The predicted molar refractivity (Wildman–Crippen MR) is 77.6 cm³/mol. The predicted octanol–water partition coefficient (Wildman–Crippen LogP) is 2.78. The first-order valence-corrected chi connectivity index (χ1v) is 7.50. The molecule has 0 spiro atoms. The molecule has 0 bridgehead atoms. The van der Waals surface area contributed by atoms with Crippen molar-refractivity contribution in [2.75, 3.05) is 6.61 Å². The highest BCUT2D eigenvalue weighted by atomic mass is 35.5. The zero-order valence-electron chi connectivity index (χ0n) is 12.3. The van der Waals surface area contributed by atoms with Gasteiger partial charge in [-0.25, -0.2) is 0 Å². The van der Waals surface area contributed by atoms with Gasteiger partial charge >= 0.3 is 0 Å². The molecule has 2 heterocycles. The van der Waals surface area contributed by atoms with Crippen molar-refractivity contribution in [2.45, 2.75) is 65.3 Å². The molecule has 19 heavy (non-hydrogen) atoms. The van der Waals surface area contributed by atoms with Crippen LogP contribution in [-0.4, -0.2) is 28.0 Å². The molecule has 1 aliphatic heterocycles. The van der Waals surface area contributed by atoms with Crippen LogP contribution in [0.1, 0.15) is 45.5 Å². The Balaban J connectivity index is 2.13. The summed E-state index contributed by atoms with van der Waals surface area (Å²) in [5.41, 5.74) is 2.10. The normalized spacial score (nSPS) is 27.1. The number of aryl methyl sites for hydroxylation is 2. The second-order valence-electron chi connectivity index (χ2n) is 5.41. The van der Waals surface area contributed by atoms with Gasteiger partial charge < -0.3 is 10.1 Å². The van der Waals surface area contributed by atoms with Crippen LogP contribution in [0.5, 0.6) is 0 Å². The summed E-state index contributed by atoms with van der Waals surface area (Å²) in [7, 11) is 0. The molecule has 1 aromatic heterocycles. The lowest BCUT2D eigenvalue weighted by atomic mass is 9.94. The number of ether oxygens (including phenoxy) is 1. The Morgan fingerprint density at radius 1 is 1.53 bits per heavy atom. The Bertz CT molecular complexity index is 446. The van der Waals surface area contributed by atoms with Crippen LogP contribution in [-0.2, 0) is 24.2 Å². The summed E-state index contributed by atoms with van der Waals surface area (Å²) in [5.74, 6) is 0. The quantitative estimate of drug-likeness (QED) is 0.904. The molecule has 5 heteroatoms. The molecule has 4 nitrogen and oxygen atoms in total. The lowest BCUT2D eigenvalue weighted by molar-refractivity contribution is 0.0879. The Morgan fingerprint density at radius 3 is 2.79 bits per heavy atom. The van der Waals surface area contributed by atoms with E-state index in [9.17, 15) is 0 Å². The minimum absolute atomic E-state index is 0.0263. The van der Waals surface area contributed by atoms with Crippen LogP contribution in [0.15, 0.2) is 0 Å². The van der Waals surface area contributed by atoms with Crippen LogP contribution in [0.2, 0.25) is 5.02 Å². The molecule has 0 saturated carbocycles. The van der Waals surface area contributed by atoms with Crippen LogP contribution in [0.3, 0.4) is 0 Å². The zero-order valence-corrected chi connectivity index (χ0v) is 13.0. The highest BCUT2D eigenvalue weighted by Crippen LogP contribution is 2.27. The van der Waals surface area contributed by atoms with Crippen LogP contribution in [0.4, 0.5) is 0 Å². The van der Waals surface area contributed by atoms with Gasteiger partial charge in [-0.3, -0.25) is 4.68 Å². The second-order valence-corrected chi connectivity index (χ2v) is 5.79. The third-order valence-corrected chi connectivity index (χ3v) is 4.68. The first-order valence-electron chi connectivity index (χ1n) is 7.12. The van der Waals surface area contributed by atoms with Gasteiger partial charge in [-0.2, -0.15) is 5.10 Å². The number of nitrogens with one attached hydrogen (secondary N) is 1. The van der Waals surface area contributed by atoms with E-state index < -0.39 is 0 Å². The number of hydrogen-bond donors (Lipinski definition) is 1. The zero-order chi connectivity index (χ0) is 14.0. The van der Waals surface area contributed by atoms with E-state index in [1.54, 1.807) is 0 Å². The molecule has 1 aromatic rings. The number of rotatable bonds is 5. The van der Waals surface area contributed by atoms with E-state index in [1.807, 2.05) is 4.68 Å². The molecular weight excluding hydrogens is 262 g/mol. The third kappa shape index (κ3) is 2.81. The lowest BCUT2D eigenvalue weighted by Crippen LogP contribution is -2.47. The van der Waals surface area contributed by atoms with Gasteiger partial charge in [0.2, 0.25) is 0 Å². The summed E-state index contributed by atoms with van der Waals surface area (Å²) < 4.78 is 7.65. The SMILES string of the molecule is CCc1nn(CC)c(CNC2(C)CCOC2C)c1Cl. The molecule has 0 aromatic carbocycles. The van der Waals surface area contributed by atoms with Crippen LogP contribution >= 0.6 is 11.6 Å². The maximum absolute atomic E-state index is 6.42. The molecule has 2 rings (SSSR count). The minimum Gasteiger partial charge on any atom is -0.377 e. The van der Waals surface area contributed by atoms with Gasteiger partial charge in [0, 0.05) is 25.2 Å². The van der Waals surface area contributed by atoms with E-state index in [1.165, 1.54) is 0 Å². The highest BCUT2D eigenvalue weighted by molar-refractivity contribution is 6.31. The summed E-state index contributed by atoms with van der Waals surface area (Å²) in [4.78, 5) is 0. The van der Waals surface area contributed by atoms with Crippen molar-refractivity contribution in [3.8, 4) is 0 Å². The van der Waals surface area contributed by atoms with Crippen molar-refractivity contribution in [3.05, 3.63) is 16.4 Å². The van der Waals surface area contributed by atoms with Gasteiger partial charge in [-0.1, -0.05) is 18.5 Å². The molecule has 1 fully saturated rings. The van der Waals surface area contributed by atoms with Crippen molar-refractivity contribution in [1.29, 1.82) is 0 Å². The van der Waals surface area contributed by atoms with E-state index in [-0.39, 0.29) is 11.6 Å². The molecule has 108 valence electrons. The van der Waals surface area contributed by atoms with Crippen molar-refractivity contribution < 1.29 is 4.74 Å². The number of hydrogen-bond acceptors (Lipinski definition) is 3. The van der Waals surface area contributed by atoms with E-state index in [4.69, 9.17) is 16.3 Å². The van der Waals surface area contributed by atoms with Crippen LogP contribution in [0.25, 0.3) is 0 Å². The molecule has 2 atom stereocenters. The van der Waals surface area contributed by atoms with Gasteiger partial charge in [0.1, 0.15) is 0 Å². The molecule has 0 amide bonds. The average Bonchev–Trinajstić information content (AvgIpc) is 2.89. The summed E-state index contributed by atoms with van der Waals surface area (Å²) >= 11 is 6.42. The molecule has 2 unspecified atom stereocenters. The summed E-state index contributed by atoms with van der Waals surface area (Å²) in [6, 6.07) is 0. The fraction of sp³-hybridized carbons (Fsp3) is 0.786. The van der Waals surface area contributed by atoms with Gasteiger partial charge in [0.25, 0.3) is 0 Å². The van der Waals surface area contributed by atoms with E-state index in [0.29, 0.717) is 0 Å². The van der Waals surface area contributed by atoms with Gasteiger partial charge in [-0.05, 0) is 33.6 Å². The number of halogens is 1. The fourth-order valence-corrected chi connectivity index (χ4v) is 2.87. The van der Waals surface area contributed by atoms with Crippen LogP contribution < -0.4 is 5.32 Å². The van der Waals surface area contributed by atoms with Gasteiger partial charge in [0.15, 0.2) is 0 Å². The maximum atomic E-state index is 6.42. The topological polar surface area (TPSA) is 39.1 Å². The Morgan fingerprint density at radius 2 is 2.26 bits per heavy atom. The largest absolute Gasteiger partial charge is 0.377 e. The van der Waals surface area contributed by atoms with E-state index in [0.717, 1.165) is 48.9 Å². The van der Waals surface area contributed by atoms with E-state index in [2.05, 4.69) is 38.1 Å². The summed E-state index contributed by atoms with van der Waals surface area (Å²) in [6.07, 6.45) is 2.14. The summed E-state index contributed by atoms with van der Waals surface area (Å²) in [6.45, 7) is 10.9. The Labute approximate surface area is 120 Å². The lowest BCUT2D eigenvalue weighted by Gasteiger charge is -2.29. The monoisotopic (exact) mass is 285 g/mol. The smallest absolute Gasteiger partial charge is 0.0863 e. The van der Waals surface area contributed by atoms with Crippen molar-refractivity contribution >= 4 is 11.6 Å². The van der Waals surface area contributed by atoms with Crippen molar-refractivity contribution in [3.63, 3.8) is 0 Å². The molecule has 1 saturated heterocycles.